The van der Waals surface area contributed by atoms with Crippen LogP contribution in [0.15, 0.2) is 22.6 Å². The highest BCUT2D eigenvalue weighted by atomic mass is 32.2. The Bertz CT molecular complexity index is 583. The van der Waals surface area contributed by atoms with Gasteiger partial charge in [-0.25, -0.2) is 19.9 Å². The van der Waals surface area contributed by atoms with Gasteiger partial charge in [-0.15, -0.1) is 0 Å². The first kappa shape index (κ1) is 14.7. The van der Waals surface area contributed by atoms with Crippen LogP contribution in [-0.2, 0) is 0 Å². The number of aryl methyl sites for hydroxylation is 2. The molecular formula is C14H19N5S. The van der Waals surface area contributed by atoms with Crippen LogP contribution in [0.5, 0.6) is 0 Å². The molecule has 0 atom stereocenters. The lowest BCUT2D eigenvalue weighted by atomic mass is 10.3. The van der Waals surface area contributed by atoms with Crippen molar-refractivity contribution in [3.63, 3.8) is 0 Å². The second-order valence-corrected chi connectivity index (χ2v) is 5.58. The van der Waals surface area contributed by atoms with Crippen LogP contribution in [0.4, 0.5) is 5.82 Å². The molecule has 0 radical (unpaired) electrons. The van der Waals surface area contributed by atoms with Gasteiger partial charge in [0.2, 0.25) is 0 Å². The molecular weight excluding hydrogens is 270 g/mol. The Hall–Kier alpha value is -1.69. The van der Waals surface area contributed by atoms with Crippen LogP contribution in [0.1, 0.15) is 30.3 Å². The summed E-state index contributed by atoms with van der Waals surface area (Å²) in [6, 6.07) is 0. The molecule has 0 fully saturated rings. The van der Waals surface area contributed by atoms with Crippen molar-refractivity contribution >= 4 is 17.6 Å². The molecule has 0 aliphatic heterocycles. The van der Waals surface area contributed by atoms with Crippen molar-refractivity contribution < 1.29 is 0 Å². The lowest BCUT2D eigenvalue weighted by molar-refractivity contribution is 0.898. The van der Waals surface area contributed by atoms with E-state index in [9.17, 15) is 0 Å². The quantitative estimate of drug-likeness (QED) is 0.674. The fourth-order valence-electron chi connectivity index (χ4n) is 1.64. The van der Waals surface area contributed by atoms with Crippen molar-refractivity contribution in [2.75, 3.05) is 11.9 Å². The Morgan fingerprint density at radius 1 is 1.10 bits per heavy atom. The largest absolute Gasteiger partial charge is 0.370 e. The van der Waals surface area contributed by atoms with E-state index in [1.165, 1.54) is 11.8 Å². The van der Waals surface area contributed by atoms with Gasteiger partial charge in [0.25, 0.3) is 0 Å². The monoisotopic (exact) mass is 289 g/mol. The van der Waals surface area contributed by atoms with Gasteiger partial charge < -0.3 is 5.32 Å². The Morgan fingerprint density at radius 2 is 1.80 bits per heavy atom. The third kappa shape index (κ3) is 3.66. The zero-order chi connectivity index (χ0) is 14.5. The molecule has 0 aromatic carbocycles. The summed E-state index contributed by atoms with van der Waals surface area (Å²) in [5.74, 6) is 1.65. The fourth-order valence-corrected chi connectivity index (χ4v) is 2.45. The third-order valence-corrected chi connectivity index (χ3v) is 3.68. The van der Waals surface area contributed by atoms with Crippen LogP contribution in [-0.4, -0.2) is 26.5 Å². The maximum atomic E-state index is 4.49. The van der Waals surface area contributed by atoms with Crippen molar-refractivity contribution in [2.24, 2.45) is 0 Å². The minimum Gasteiger partial charge on any atom is -0.370 e. The molecule has 0 amide bonds. The summed E-state index contributed by atoms with van der Waals surface area (Å²) in [4.78, 5) is 17.6. The first-order valence-corrected chi connectivity index (χ1v) is 7.47. The molecule has 2 rings (SSSR count). The minimum absolute atomic E-state index is 0.707. The van der Waals surface area contributed by atoms with E-state index < -0.39 is 0 Å². The highest BCUT2D eigenvalue weighted by Crippen LogP contribution is 2.28. The fraction of sp³-hybridized carbons (Fsp3) is 0.429. The standard InChI is InChI=1S/C14H19N5S/c1-5-6-15-12-10(3)13(19-11(4)18-12)20-14-16-7-9(2)8-17-14/h7-8H,5-6H2,1-4H3,(H,15,18,19). The zero-order valence-corrected chi connectivity index (χ0v) is 13.1. The third-order valence-electron chi connectivity index (χ3n) is 2.70. The highest BCUT2D eigenvalue weighted by Gasteiger charge is 2.11. The zero-order valence-electron chi connectivity index (χ0n) is 12.3. The van der Waals surface area contributed by atoms with E-state index in [1.807, 2.05) is 33.2 Å². The molecule has 0 unspecified atom stereocenters. The molecule has 2 aromatic rings. The molecule has 1 N–H and O–H groups in total. The number of hydrogen-bond donors (Lipinski definition) is 1. The molecule has 6 heteroatoms. The molecule has 20 heavy (non-hydrogen) atoms. The van der Waals surface area contributed by atoms with E-state index >= 15 is 0 Å². The molecule has 5 nitrogen and oxygen atoms in total. The second-order valence-electron chi connectivity index (χ2n) is 4.62. The molecule has 106 valence electrons. The SMILES string of the molecule is CCCNc1nc(C)nc(Sc2ncc(C)cn2)c1C. The van der Waals surface area contributed by atoms with Crippen molar-refractivity contribution in [3.8, 4) is 0 Å². The van der Waals surface area contributed by atoms with E-state index in [4.69, 9.17) is 0 Å². The second kappa shape index (κ2) is 6.65. The molecule has 2 aromatic heterocycles. The van der Waals surface area contributed by atoms with Crippen molar-refractivity contribution in [1.29, 1.82) is 0 Å². The number of rotatable bonds is 5. The topological polar surface area (TPSA) is 63.6 Å². The molecule has 0 saturated heterocycles. The maximum absolute atomic E-state index is 4.49. The summed E-state index contributed by atoms with van der Waals surface area (Å²) in [7, 11) is 0. The Balaban J connectivity index is 2.26. The van der Waals surface area contributed by atoms with Crippen LogP contribution in [0.3, 0.4) is 0 Å². The molecule has 0 aliphatic carbocycles. The summed E-state index contributed by atoms with van der Waals surface area (Å²) in [6.45, 7) is 8.93. The first-order chi connectivity index (χ1) is 9.60. The van der Waals surface area contributed by atoms with Crippen LogP contribution in [0.2, 0.25) is 0 Å². The van der Waals surface area contributed by atoms with Crippen molar-refractivity contribution in [3.05, 3.63) is 29.3 Å². The van der Waals surface area contributed by atoms with Crippen molar-refractivity contribution in [1.82, 2.24) is 19.9 Å². The minimum atomic E-state index is 0.707. The Kier molecular flexibility index (Phi) is 4.89. The predicted molar refractivity (Wildman–Crippen MR) is 81.2 cm³/mol. The Labute approximate surface area is 123 Å². The van der Waals surface area contributed by atoms with Crippen LogP contribution < -0.4 is 5.32 Å². The van der Waals surface area contributed by atoms with Crippen LogP contribution in [0.25, 0.3) is 0 Å². The van der Waals surface area contributed by atoms with Gasteiger partial charge >= 0.3 is 0 Å². The first-order valence-electron chi connectivity index (χ1n) is 6.65. The molecule has 0 spiro atoms. The van der Waals surface area contributed by atoms with Gasteiger partial charge in [-0.05, 0) is 44.5 Å². The number of nitrogens with one attached hydrogen (secondary N) is 1. The van der Waals surface area contributed by atoms with Gasteiger partial charge in [0, 0.05) is 24.5 Å². The smallest absolute Gasteiger partial charge is 0.193 e. The molecule has 2 heterocycles. The molecule has 0 saturated carbocycles. The van der Waals surface area contributed by atoms with Crippen LogP contribution in [0, 0.1) is 20.8 Å². The summed E-state index contributed by atoms with van der Waals surface area (Å²) in [5, 5.41) is 4.94. The lowest BCUT2D eigenvalue weighted by Crippen LogP contribution is -2.07. The van der Waals surface area contributed by atoms with E-state index in [2.05, 4.69) is 32.2 Å². The summed E-state index contributed by atoms with van der Waals surface area (Å²) in [6.07, 6.45) is 4.69. The van der Waals surface area contributed by atoms with Gasteiger partial charge in [0.1, 0.15) is 16.7 Å². The Morgan fingerprint density at radius 3 is 2.45 bits per heavy atom. The normalized spacial score (nSPS) is 10.6. The van der Waals surface area contributed by atoms with Crippen LogP contribution >= 0.6 is 11.8 Å². The number of anilines is 1. The molecule has 0 aliphatic rings. The maximum Gasteiger partial charge on any atom is 0.193 e. The van der Waals surface area contributed by atoms with Gasteiger partial charge in [-0.3, -0.25) is 0 Å². The number of hydrogen-bond acceptors (Lipinski definition) is 6. The van der Waals surface area contributed by atoms with Crippen molar-refractivity contribution in [2.45, 2.75) is 44.3 Å². The lowest BCUT2D eigenvalue weighted by Gasteiger charge is -2.11. The van der Waals surface area contributed by atoms with Gasteiger partial charge in [-0.1, -0.05) is 6.92 Å². The van der Waals surface area contributed by atoms with E-state index in [0.717, 1.165) is 40.8 Å². The van der Waals surface area contributed by atoms with E-state index in [0.29, 0.717) is 5.16 Å². The van der Waals surface area contributed by atoms with E-state index in [-0.39, 0.29) is 0 Å². The summed E-state index contributed by atoms with van der Waals surface area (Å²) < 4.78 is 0. The molecule has 0 bridgehead atoms. The highest BCUT2D eigenvalue weighted by molar-refractivity contribution is 7.99. The number of aromatic nitrogens is 4. The van der Waals surface area contributed by atoms with Gasteiger partial charge in [0.15, 0.2) is 5.16 Å². The predicted octanol–water partition coefficient (Wildman–Crippen LogP) is 3.16. The van der Waals surface area contributed by atoms with Gasteiger partial charge in [0.05, 0.1) is 0 Å². The average Bonchev–Trinajstić information content (AvgIpc) is 2.43. The summed E-state index contributed by atoms with van der Waals surface area (Å²) in [5.41, 5.74) is 2.09. The number of nitrogens with zero attached hydrogens (tertiary/aromatic N) is 4. The van der Waals surface area contributed by atoms with E-state index in [1.54, 1.807) is 0 Å². The average molecular weight is 289 g/mol. The van der Waals surface area contributed by atoms with Gasteiger partial charge in [-0.2, -0.15) is 0 Å². The summed E-state index contributed by atoms with van der Waals surface area (Å²) >= 11 is 1.47.